The van der Waals surface area contributed by atoms with E-state index in [2.05, 4.69) is 18.7 Å². The van der Waals surface area contributed by atoms with Crippen molar-refractivity contribution < 1.29 is 4.74 Å². The molecule has 1 aliphatic rings. The monoisotopic (exact) mass is 219 g/mol. The number of hydrogen-bond donors (Lipinski definition) is 0. The maximum Gasteiger partial charge on any atom is 0.119 e. The topological polar surface area (TPSA) is 12.5 Å². The molecule has 1 aromatic rings. The van der Waals surface area contributed by atoms with Gasteiger partial charge in [-0.2, -0.15) is 0 Å². The smallest absolute Gasteiger partial charge is 0.119 e. The van der Waals surface area contributed by atoms with Crippen LogP contribution >= 0.6 is 0 Å². The number of para-hydroxylation sites is 1. The normalized spacial score (nSPS) is 23.2. The molecule has 1 saturated heterocycles. The van der Waals surface area contributed by atoms with Crippen molar-refractivity contribution in [1.29, 1.82) is 0 Å². The Morgan fingerprint density at radius 3 is 2.75 bits per heavy atom. The quantitative estimate of drug-likeness (QED) is 0.772. The number of ether oxygens (including phenoxy) is 1. The third kappa shape index (κ3) is 2.99. The van der Waals surface area contributed by atoms with Gasteiger partial charge in [0.25, 0.3) is 0 Å². The number of nitrogens with zero attached hydrogens (tertiary/aromatic N) is 1. The number of hydrogen-bond acceptors (Lipinski definition) is 2. The summed E-state index contributed by atoms with van der Waals surface area (Å²) in [6.45, 7) is 7.81. The Morgan fingerprint density at radius 2 is 2.12 bits per heavy atom. The Kier molecular flexibility index (Phi) is 3.83. The lowest BCUT2D eigenvalue weighted by Gasteiger charge is -2.24. The van der Waals surface area contributed by atoms with E-state index in [1.165, 1.54) is 19.5 Å². The van der Waals surface area contributed by atoms with Gasteiger partial charge in [0, 0.05) is 12.6 Å². The number of likely N-dealkylation sites (tertiary alicyclic amines) is 1. The Balaban J connectivity index is 1.78. The van der Waals surface area contributed by atoms with E-state index in [1.807, 2.05) is 30.3 Å². The minimum Gasteiger partial charge on any atom is -0.492 e. The lowest BCUT2D eigenvalue weighted by molar-refractivity contribution is 0.169. The molecular formula is C14H21NO. The average Bonchev–Trinajstić information content (AvgIpc) is 2.74. The molecule has 16 heavy (non-hydrogen) atoms. The predicted molar refractivity (Wildman–Crippen MR) is 66.8 cm³/mol. The van der Waals surface area contributed by atoms with Crippen molar-refractivity contribution in [3.05, 3.63) is 30.3 Å². The van der Waals surface area contributed by atoms with Gasteiger partial charge >= 0.3 is 0 Å². The maximum atomic E-state index is 5.77. The SMILES string of the molecule is CC(COc1ccccc1)N1CC[C@@H](C)C1. The minimum absolute atomic E-state index is 0.519. The second-order valence-corrected chi connectivity index (χ2v) is 4.86. The van der Waals surface area contributed by atoms with Crippen LogP contribution in [0.1, 0.15) is 20.3 Å². The van der Waals surface area contributed by atoms with E-state index < -0.39 is 0 Å². The Bertz CT molecular complexity index is 312. The lowest BCUT2D eigenvalue weighted by Crippen LogP contribution is -2.35. The van der Waals surface area contributed by atoms with Gasteiger partial charge < -0.3 is 4.74 Å². The minimum atomic E-state index is 0.519. The highest BCUT2D eigenvalue weighted by Gasteiger charge is 2.23. The third-order valence-corrected chi connectivity index (χ3v) is 3.31. The van der Waals surface area contributed by atoms with Crippen LogP contribution < -0.4 is 4.74 Å². The summed E-state index contributed by atoms with van der Waals surface area (Å²) in [4.78, 5) is 2.52. The summed E-state index contributed by atoms with van der Waals surface area (Å²) < 4.78 is 5.77. The lowest BCUT2D eigenvalue weighted by atomic mass is 10.2. The molecule has 2 atom stereocenters. The fourth-order valence-corrected chi connectivity index (χ4v) is 2.21. The van der Waals surface area contributed by atoms with Crippen LogP contribution in [0.5, 0.6) is 5.75 Å². The summed E-state index contributed by atoms with van der Waals surface area (Å²) in [7, 11) is 0. The molecule has 1 unspecified atom stereocenters. The van der Waals surface area contributed by atoms with Crippen LogP contribution in [0.25, 0.3) is 0 Å². The molecule has 88 valence electrons. The van der Waals surface area contributed by atoms with Gasteiger partial charge in [-0.15, -0.1) is 0 Å². The highest BCUT2D eigenvalue weighted by Crippen LogP contribution is 2.18. The third-order valence-electron chi connectivity index (χ3n) is 3.31. The van der Waals surface area contributed by atoms with Gasteiger partial charge in [0.1, 0.15) is 12.4 Å². The van der Waals surface area contributed by atoms with Crippen LogP contribution in [-0.2, 0) is 0 Å². The zero-order valence-electron chi connectivity index (χ0n) is 10.2. The average molecular weight is 219 g/mol. The zero-order valence-corrected chi connectivity index (χ0v) is 10.2. The van der Waals surface area contributed by atoms with Gasteiger partial charge in [-0.25, -0.2) is 0 Å². The van der Waals surface area contributed by atoms with Crippen molar-refractivity contribution in [2.45, 2.75) is 26.3 Å². The molecule has 0 radical (unpaired) electrons. The van der Waals surface area contributed by atoms with E-state index in [-0.39, 0.29) is 0 Å². The summed E-state index contributed by atoms with van der Waals surface area (Å²) in [5.74, 6) is 1.82. The molecule has 0 N–H and O–H groups in total. The van der Waals surface area contributed by atoms with Crippen LogP contribution in [0.4, 0.5) is 0 Å². The first-order valence-electron chi connectivity index (χ1n) is 6.17. The van der Waals surface area contributed by atoms with Crippen LogP contribution in [0.3, 0.4) is 0 Å². The molecule has 0 aliphatic carbocycles. The highest BCUT2D eigenvalue weighted by molar-refractivity contribution is 5.20. The van der Waals surface area contributed by atoms with Gasteiger partial charge in [-0.3, -0.25) is 4.90 Å². The van der Waals surface area contributed by atoms with Gasteiger partial charge in [0.15, 0.2) is 0 Å². The summed E-state index contributed by atoms with van der Waals surface area (Å²) in [6, 6.07) is 10.6. The largest absolute Gasteiger partial charge is 0.492 e. The first kappa shape index (κ1) is 11.5. The molecule has 1 fully saturated rings. The van der Waals surface area contributed by atoms with E-state index in [0.29, 0.717) is 6.04 Å². The molecule has 1 aliphatic heterocycles. The Morgan fingerprint density at radius 1 is 1.38 bits per heavy atom. The van der Waals surface area contributed by atoms with Crippen molar-refractivity contribution in [3.8, 4) is 5.75 Å². The van der Waals surface area contributed by atoms with Crippen LogP contribution in [0, 0.1) is 5.92 Å². The van der Waals surface area contributed by atoms with Crippen LogP contribution in [0.15, 0.2) is 30.3 Å². The van der Waals surface area contributed by atoms with E-state index in [0.717, 1.165) is 18.3 Å². The molecule has 0 saturated carbocycles. The van der Waals surface area contributed by atoms with Gasteiger partial charge in [0.05, 0.1) is 0 Å². The van der Waals surface area contributed by atoms with Crippen LogP contribution in [-0.4, -0.2) is 30.6 Å². The summed E-state index contributed by atoms with van der Waals surface area (Å²) in [5, 5.41) is 0. The molecule has 1 heterocycles. The van der Waals surface area contributed by atoms with Crippen LogP contribution in [0.2, 0.25) is 0 Å². The van der Waals surface area contributed by atoms with E-state index in [1.54, 1.807) is 0 Å². The van der Waals surface area contributed by atoms with E-state index in [9.17, 15) is 0 Å². The first-order chi connectivity index (χ1) is 7.75. The van der Waals surface area contributed by atoms with Crippen molar-refractivity contribution in [2.24, 2.45) is 5.92 Å². The van der Waals surface area contributed by atoms with E-state index in [4.69, 9.17) is 4.74 Å². The number of benzene rings is 1. The Labute approximate surface area is 98.2 Å². The summed E-state index contributed by atoms with van der Waals surface area (Å²) >= 11 is 0. The fourth-order valence-electron chi connectivity index (χ4n) is 2.21. The molecule has 0 amide bonds. The predicted octanol–water partition coefficient (Wildman–Crippen LogP) is 2.80. The van der Waals surface area contributed by atoms with E-state index >= 15 is 0 Å². The molecule has 1 aromatic carbocycles. The molecule has 2 heteroatoms. The van der Waals surface area contributed by atoms with Crippen molar-refractivity contribution in [2.75, 3.05) is 19.7 Å². The number of rotatable bonds is 4. The highest BCUT2D eigenvalue weighted by atomic mass is 16.5. The second kappa shape index (κ2) is 5.35. The molecule has 0 bridgehead atoms. The standard InChI is InChI=1S/C14H21NO/c1-12-8-9-15(10-12)13(2)11-16-14-6-4-3-5-7-14/h3-7,12-13H,8-11H2,1-2H3/t12-,13?/m1/s1. The van der Waals surface area contributed by atoms with Crippen molar-refractivity contribution >= 4 is 0 Å². The van der Waals surface area contributed by atoms with Gasteiger partial charge in [-0.1, -0.05) is 25.1 Å². The Hall–Kier alpha value is -1.02. The molecule has 2 nitrogen and oxygen atoms in total. The maximum absolute atomic E-state index is 5.77. The van der Waals surface area contributed by atoms with Crippen molar-refractivity contribution in [1.82, 2.24) is 4.90 Å². The summed E-state index contributed by atoms with van der Waals surface area (Å²) in [5.41, 5.74) is 0. The molecule has 0 aromatic heterocycles. The first-order valence-corrected chi connectivity index (χ1v) is 6.17. The summed E-state index contributed by atoms with van der Waals surface area (Å²) in [6.07, 6.45) is 1.33. The fraction of sp³-hybridized carbons (Fsp3) is 0.571. The van der Waals surface area contributed by atoms with Crippen molar-refractivity contribution in [3.63, 3.8) is 0 Å². The zero-order chi connectivity index (χ0) is 11.4. The molecule has 2 rings (SSSR count). The van der Waals surface area contributed by atoms with Gasteiger partial charge in [0.2, 0.25) is 0 Å². The molecule has 0 spiro atoms. The van der Waals surface area contributed by atoms with Gasteiger partial charge in [-0.05, 0) is 37.9 Å². The second-order valence-electron chi connectivity index (χ2n) is 4.86. The molecular weight excluding hydrogens is 198 g/mol.